The number of pyridine rings is 1. The van der Waals surface area contributed by atoms with Gasteiger partial charge in [-0.25, -0.2) is 0 Å². The molecule has 0 bridgehead atoms. The Hall–Kier alpha value is -2.88. The van der Waals surface area contributed by atoms with Crippen LogP contribution in [0.2, 0.25) is 0 Å². The summed E-state index contributed by atoms with van der Waals surface area (Å²) in [7, 11) is 0. The molecule has 4 rings (SSSR count). The number of aromatic amines is 1. The SMILES string of the molecule is Cc1ccc(C(CC(=O)NCc2cc3ccccc3[nH]c2=O)C2CC2)cc1. The highest BCUT2D eigenvalue weighted by Crippen LogP contribution is 2.44. The quantitative estimate of drug-likeness (QED) is 0.697. The summed E-state index contributed by atoms with van der Waals surface area (Å²) in [6, 6.07) is 18.0. The van der Waals surface area contributed by atoms with Gasteiger partial charge >= 0.3 is 0 Å². The topological polar surface area (TPSA) is 62.0 Å². The highest BCUT2D eigenvalue weighted by Gasteiger charge is 2.33. The molecule has 1 fully saturated rings. The van der Waals surface area contributed by atoms with Crippen molar-refractivity contribution < 1.29 is 4.79 Å². The molecule has 1 atom stereocenters. The fourth-order valence-electron chi connectivity index (χ4n) is 3.66. The number of aryl methyl sites for hydroxylation is 1. The fourth-order valence-corrected chi connectivity index (χ4v) is 3.66. The number of nitrogens with one attached hydrogen (secondary N) is 2. The number of amides is 1. The summed E-state index contributed by atoms with van der Waals surface area (Å²) in [6.07, 6.45) is 2.85. The number of fused-ring (bicyclic) bond motifs is 1. The zero-order valence-electron chi connectivity index (χ0n) is 15.5. The minimum Gasteiger partial charge on any atom is -0.352 e. The van der Waals surface area contributed by atoms with Gasteiger partial charge in [-0.3, -0.25) is 9.59 Å². The predicted molar refractivity (Wildman–Crippen MR) is 108 cm³/mol. The zero-order chi connectivity index (χ0) is 18.8. The van der Waals surface area contributed by atoms with Gasteiger partial charge in [0.15, 0.2) is 0 Å². The third-order valence-corrected chi connectivity index (χ3v) is 5.41. The standard InChI is InChI=1S/C23H24N2O2/c1-15-6-8-16(9-7-15)20(17-10-11-17)13-22(26)24-14-19-12-18-4-2-3-5-21(18)25-23(19)27/h2-9,12,17,20H,10-11,13-14H2,1H3,(H,24,26)(H,25,27). The molecular formula is C23H24N2O2. The van der Waals surface area contributed by atoms with Gasteiger partial charge in [0.05, 0.1) is 0 Å². The number of benzene rings is 2. The summed E-state index contributed by atoms with van der Waals surface area (Å²) in [4.78, 5) is 27.7. The maximum absolute atomic E-state index is 12.6. The number of rotatable bonds is 6. The average molecular weight is 360 g/mol. The molecule has 1 amide bonds. The van der Waals surface area contributed by atoms with E-state index in [2.05, 4.69) is 41.5 Å². The molecule has 4 heteroatoms. The van der Waals surface area contributed by atoms with Crippen LogP contribution in [-0.4, -0.2) is 10.9 Å². The number of H-pyrrole nitrogens is 1. The molecule has 4 nitrogen and oxygen atoms in total. The molecule has 1 aromatic heterocycles. The van der Waals surface area contributed by atoms with Gasteiger partial charge in [-0.15, -0.1) is 0 Å². The summed E-state index contributed by atoms with van der Waals surface area (Å²) < 4.78 is 0. The molecule has 1 aliphatic rings. The summed E-state index contributed by atoms with van der Waals surface area (Å²) in [5.74, 6) is 0.864. The van der Waals surface area contributed by atoms with E-state index < -0.39 is 0 Å². The summed E-state index contributed by atoms with van der Waals surface area (Å²) in [5, 5.41) is 3.91. The molecule has 1 heterocycles. The second kappa shape index (κ2) is 7.39. The van der Waals surface area contributed by atoms with Crippen LogP contribution in [0, 0.1) is 12.8 Å². The van der Waals surface area contributed by atoms with E-state index in [1.165, 1.54) is 24.0 Å². The molecule has 2 aromatic carbocycles. The Labute approximate surface area is 158 Å². The highest BCUT2D eigenvalue weighted by molar-refractivity contribution is 5.79. The van der Waals surface area contributed by atoms with E-state index >= 15 is 0 Å². The lowest BCUT2D eigenvalue weighted by atomic mass is 9.90. The normalized spacial score (nSPS) is 14.9. The van der Waals surface area contributed by atoms with Crippen LogP contribution in [0.25, 0.3) is 10.9 Å². The lowest BCUT2D eigenvalue weighted by Gasteiger charge is -2.17. The molecule has 27 heavy (non-hydrogen) atoms. The average Bonchev–Trinajstić information content (AvgIpc) is 3.50. The molecule has 0 spiro atoms. The third kappa shape index (κ3) is 4.11. The van der Waals surface area contributed by atoms with Crippen LogP contribution in [0.1, 0.15) is 41.9 Å². The van der Waals surface area contributed by atoms with Crippen LogP contribution in [0.15, 0.2) is 59.4 Å². The van der Waals surface area contributed by atoms with Crippen LogP contribution in [-0.2, 0) is 11.3 Å². The minimum absolute atomic E-state index is 0.0000311. The maximum atomic E-state index is 12.6. The first-order valence-corrected chi connectivity index (χ1v) is 9.54. The van der Waals surface area contributed by atoms with Gasteiger partial charge < -0.3 is 10.3 Å². The molecule has 1 unspecified atom stereocenters. The number of aromatic nitrogens is 1. The van der Waals surface area contributed by atoms with Crippen molar-refractivity contribution in [1.82, 2.24) is 10.3 Å². The van der Waals surface area contributed by atoms with E-state index in [-0.39, 0.29) is 23.9 Å². The fraction of sp³-hybridized carbons (Fsp3) is 0.304. The Morgan fingerprint density at radius 2 is 1.89 bits per heavy atom. The third-order valence-electron chi connectivity index (χ3n) is 5.41. The van der Waals surface area contributed by atoms with E-state index in [4.69, 9.17) is 0 Å². The first-order valence-electron chi connectivity index (χ1n) is 9.54. The van der Waals surface area contributed by atoms with Crippen molar-refractivity contribution in [2.75, 3.05) is 0 Å². The Morgan fingerprint density at radius 1 is 1.15 bits per heavy atom. The predicted octanol–water partition coefficient (Wildman–Crippen LogP) is 4.04. The van der Waals surface area contributed by atoms with Crippen LogP contribution < -0.4 is 10.9 Å². The first kappa shape index (κ1) is 17.5. The second-order valence-corrected chi connectivity index (χ2v) is 7.55. The summed E-state index contributed by atoms with van der Waals surface area (Å²) >= 11 is 0. The molecule has 0 aliphatic heterocycles. The number of hydrogen-bond donors (Lipinski definition) is 2. The Bertz CT molecular complexity index is 1020. The van der Waals surface area contributed by atoms with Crippen LogP contribution >= 0.6 is 0 Å². The van der Waals surface area contributed by atoms with E-state index in [0.717, 1.165) is 10.9 Å². The van der Waals surface area contributed by atoms with Crippen molar-refractivity contribution in [2.24, 2.45) is 5.92 Å². The molecule has 0 saturated heterocycles. The molecule has 138 valence electrons. The van der Waals surface area contributed by atoms with Crippen molar-refractivity contribution in [1.29, 1.82) is 0 Å². The summed E-state index contributed by atoms with van der Waals surface area (Å²) in [5.41, 5.74) is 3.72. The van der Waals surface area contributed by atoms with Crippen LogP contribution in [0.4, 0.5) is 0 Å². The Kier molecular flexibility index (Phi) is 4.80. The van der Waals surface area contributed by atoms with Gasteiger partial charge in [0.2, 0.25) is 5.91 Å². The Balaban J connectivity index is 1.43. The Morgan fingerprint density at radius 3 is 2.63 bits per heavy atom. The van der Waals surface area contributed by atoms with Gasteiger partial charge in [-0.05, 0) is 54.7 Å². The number of para-hydroxylation sites is 1. The first-order chi connectivity index (χ1) is 13.1. The van der Waals surface area contributed by atoms with Crippen molar-refractivity contribution in [2.45, 2.75) is 38.6 Å². The number of carbonyl (C=O) groups is 1. The smallest absolute Gasteiger partial charge is 0.253 e. The molecule has 1 saturated carbocycles. The van der Waals surface area contributed by atoms with Gasteiger partial charge in [-0.2, -0.15) is 0 Å². The minimum atomic E-state index is -0.147. The monoisotopic (exact) mass is 360 g/mol. The largest absolute Gasteiger partial charge is 0.352 e. The number of carbonyl (C=O) groups excluding carboxylic acids is 1. The van der Waals surface area contributed by atoms with Crippen LogP contribution in [0.5, 0.6) is 0 Å². The van der Waals surface area contributed by atoms with Crippen molar-refractivity contribution >= 4 is 16.8 Å². The lowest BCUT2D eigenvalue weighted by Crippen LogP contribution is -2.28. The summed E-state index contributed by atoms with van der Waals surface area (Å²) in [6.45, 7) is 2.33. The van der Waals surface area contributed by atoms with Gasteiger partial charge in [0.1, 0.15) is 0 Å². The molecule has 2 N–H and O–H groups in total. The van der Waals surface area contributed by atoms with Gasteiger partial charge in [0.25, 0.3) is 5.56 Å². The second-order valence-electron chi connectivity index (χ2n) is 7.55. The van der Waals surface area contributed by atoms with Crippen LogP contribution in [0.3, 0.4) is 0 Å². The van der Waals surface area contributed by atoms with Gasteiger partial charge in [0, 0.05) is 24.0 Å². The van der Waals surface area contributed by atoms with Crippen molar-refractivity contribution in [3.8, 4) is 0 Å². The van der Waals surface area contributed by atoms with E-state index in [9.17, 15) is 9.59 Å². The highest BCUT2D eigenvalue weighted by atomic mass is 16.1. The molecule has 3 aromatic rings. The molecule has 0 radical (unpaired) electrons. The lowest BCUT2D eigenvalue weighted by molar-refractivity contribution is -0.121. The van der Waals surface area contributed by atoms with Gasteiger partial charge in [-0.1, -0.05) is 48.0 Å². The van der Waals surface area contributed by atoms with E-state index in [1.807, 2.05) is 30.3 Å². The maximum Gasteiger partial charge on any atom is 0.253 e. The number of hydrogen-bond acceptors (Lipinski definition) is 2. The zero-order valence-corrected chi connectivity index (χ0v) is 15.5. The molecule has 1 aliphatic carbocycles. The van der Waals surface area contributed by atoms with E-state index in [0.29, 0.717) is 17.9 Å². The van der Waals surface area contributed by atoms with Crippen molar-refractivity contribution in [3.63, 3.8) is 0 Å². The van der Waals surface area contributed by atoms with Crippen molar-refractivity contribution in [3.05, 3.63) is 81.6 Å². The van der Waals surface area contributed by atoms with E-state index in [1.54, 1.807) is 0 Å². The molecular weight excluding hydrogens is 336 g/mol.